The number of aliphatic hydroxyl groups is 1. The van der Waals surface area contributed by atoms with Gasteiger partial charge in [-0.1, -0.05) is 24.3 Å². The van der Waals surface area contributed by atoms with Gasteiger partial charge >= 0.3 is 0 Å². The van der Waals surface area contributed by atoms with Crippen molar-refractivity contribution in [3.8, 4) is 5.75 Å². The minimum absolute atomic E-state index is 0.401. The number of thioether (sulfide) groups is 1. The number of fused-ring (bicyclic) bond motifs is 1. The average Bonchev–Trinajstić information content (AvgIpc) is 2.81. The fourth-order valence-electron chi connectivity index (χ4n) is 3.31. The number of rotatable bonds is 7. The van der Waals surface area contributed by atoms with Gasteiger partial charge in [-0.25, -0.2) is 0 Å². The average molecular weight is 358 g/mol. The van der Waals surface area contributed by atoms with Crippen molar-refractivity contribution < 1.29 is 9.84 Å². The fraction of sp³-hybridized carbons (Fsp3) is 0.429. The highest BCUT2D eigenvalue weighted by molar-refractivity contribution is 7.99. The lowest BCUT2D eigenvalue weighted by molar-refractivity contribution is 0.119. The highest BCUT2D eigenvalue weighted by atomic mass is 32.2. The summed E-state index contributed by atoms with van der Waals surface area (Å²) in [4.78, 5) is 3.74. The molecule has 0 bridgehead atoms. The Morgan fingerprint density at radius 1 is 1.16 bits per heavy atom. The summed E-state index contributed by atoms with van der Waals surface area (Å²) in [5, 5.41) is 10.5. The topological polar surface area (TPSA) is 32.7 Å². The van der Waals surface area contributed by atoms with Gasteiger partial charge in [0.15, 0.2) is 0 Å². The van der Waals surface area contributed by atoms with Crippen LogP contribution >= 0.6 is 11.8 Å². The summed E-state index contributed by atoms with van der Waals surface area (Å²) in [7, 11) is 1.69. The molecule has 0 aliphatic carbocycles. The van der Waals surface area contributed by atoms with Gasteiger partial charge in [0.1, 0.15) is 5.75 Å². The molecule has 25 heavy (non-hydrogen) atoms. The highest BCUT2D eigenvalue weighted by Gasteiger charge is 2.21. The zero-order valence-electron chi connectivity index (χ0n) is 14.9. The van der Waals surface area contributed by atoms with E-state index in [1.54, 1.807) is 7.11 Å². The van der Waals surface area contributed by atoms with E-state index in [9.17, 15) is 5.11 Å². The molecule has 4 heteroatoms. The molecule has 0 amide bonds. The van der Waals surface area contributed by atoms with Crippen LogP contribution in [-0.2, 0) is 6.42 Å². The Labute approximate surface area is 155 Å². The molecule has 3 rings (SSSR count). The minimum Gasteiger partial charge on any atom is -0.497 e. The molecular formula is C21H27NO2S. The number of β-amino-alcohol motifs (C(OH)–C–C–N with tert-alkyl or cyclic N) is 1. The number of ether oxygens (including phenoxy) is 1. The van der Waals surface area contributed by atoms with Gasteiger partial charge in [-0.15, -0.1) is 11.8 Å². The van der Waals surface area contributed by atoms with E-state index in [1.165, 1.54) is 23.3 Å². The minimum atomic E-state index is -0.401. The molecule has 2 aromatic carbocycles. The van der Waals surface area contributed by atoms with E-state index >= 15 is 0 Å². The lowest BCUT2D eigenvalue weighted by atomic mass is 10.0. The third-order valence-electron chi connectivity index (χ3n) is 4.72. The van der Waals surface area contributed by atoms with E-state index in [1.807, 2.05) is 23.9 Å². The van der Waals surface area contributed by atoms with E-state index in [-0.39, 0.29) is 0 Å². The lowest BCUT2D eigenvalue weighted by Crippen LogP contribution is -2.29. The monoisotopic (exact) mass is 357 g/mol. The van der Waals surface area contributed by atoms with Crippen LogP contribution < -0.4 is 4.74 Å². The van der Waals surface area contributed by atoms with Crippen LogP contribution in [0.4, 0.5) is 0 Å². The molecule has 3 nitrogen and oxygen atoms in total. The molecule has 1 atom stereocenters. The van der Waals surface area contributed by atoms with Crippen molar-refractivity contribution in [2.24, 2.45) is 0 Å². The van der Waals surface area contributed by atoms with Crippen molar-refractivity contribution in [2.45, 2.75) is 30.3 Å². The van der Waals surface area contributed by atoms with E-state index in [4.69, 9.17) is 4.74 Å². The van der Waals surface area contributed by atoms with Gasteiger partial charge in [-0.2, -0.15) is 0 Å². The molecule has 1 heterocycles. The van der Waals surface area contributed by atoms with Gasteiger partial charge in [0.05, 0.1) is 13.2 Å². The van der Waals surface area contributed by atoms with Gasteiger partial charge in [-0.3, -0.25) is 0 Å². The second-order valence-corrected chi connectivity index (χ2v) is 7.67. The number of unbranched alkanes of at least 4 members (excludes halogenated alkanes) is 1. The number of hydrogen-bond donors (Lipinski definition) is 1. The Morgan fingerprint density at radius 3 is 2.80 bits per heavy atom. The van der Waals surface area contributed by atoms with Crippen molar-refractivity contribution in [3.63, 3.8) is 0 Å². The first kappa shape index (κ1) is 18.3. The van der Waals surface area contributed by atoms with Crippen LogP contribution in [0.3, 0.4) is 0 Å². The lowest BCUT2D eigenvalue weighted by Gasteiger charge is -2.21. The van der Waals surface area contributed by atoms with Crippen molar-refractivity contribution >= 4 is 11.8 Å². The van der Waals surface area contributed by atoms with E-state index in [2.05, 4.69) is 41.3 Å². The molecule has 134 valence electrons. The molecule has 0 saturated heterocycles. The molecule has 0 spiro atoms. The first-order valence-electron chi connectivity index (χ1n) is 9.01. The number of nitrogens with zero attached hydrogens (tertiary/aromatic N) is 1. The van der Waals surface area contributed by atoms with Crippen LogP contribution in [0.2, 0.25) is 0 Å². The summed E-state index contributed by atoms with van der Waals surface area (Å²) < 4.78 is 5.31. The standard InChI is InChI=1S/C21H27NO2S/c1-24-18-9-10-20-17(15-18)11-13-22(16-21(20)23)12-5-6-14-25-19-7-3-2-4-8-19/h2-4,7-10,15,21,23H,5-6,11-14,16H2,1H3. The maximum Gasteiger partial charge on any atom is 0.119 e. The van der Waals surface area contributed by atoms with E-state index < -0.39 is 6.10 Å². The Hall–Kier alpha value is -1.49. The molecule has 0 fully saturated rings. The van der Waals surface area contributed by atoms with Gasteiger partial charge < -0.3 is 14.7 Å². The number of hydrogen-bond acceptors (Lipinski definition) is 4. The molecule has 1 unspecified atom stereocenters. The van der Waals surface area contributed by atoms with Crippen LogP contribution in [0.15, 0.2) is 53.4 Å². The van der Waals surface area contributed by atoms with E-state index in [0.29, 0.717) is 0 Å². The van der Waals surface area contributed by atoms with Crippen LogP contribution in [-0.4, -0.2) is 42.5 Å². The summed E-state index contributed by atoms with van der Waals surface area (Å²) in [6.45, 7) is 2.78. The Morgan fingerprint density at radius 2 is 2.00 bits per heavy atom. The summed E-state index contributed by atoms with van der Waals surface area (Å²) in [6.07, 6.45) is 2.95. The fourth-order valence-corrected chi connectivity index (χ4v) is 4.24. The zero-order chi connectivity index (χ0) is 17.5. The number of benzene rings is 2. The second kappa shape index (κ2) is 9.27. The molecule has 1 aliphatic heterocycles. The molecule has 0 radical (unpaired) electrons. The zero-order valence-corrected chi connectivity index (χ0v) is 15.7. The highest BCUT2D eigenvalue weighted by Crippen LogP contribution is 2.27. The SMILES string of the molecule is COc1ccc2c(c1)CCN(CCCCSc1ccccc1)CC2O. The van der Waals surface area contributed by atoms with Crippen LogP contribution in [0.1, 0.15) is 30.1 Å². The molecule has 0 aromatic heterocycles. The predicted molar refractivity (Wildman–Crippen MR) is 104 cm³/mol. The normalized spacial score (nSPS) is 17.8. The van der Waals surface area contributed by atoms with Crippen LogP contribution in [0.25, 0.3) is 0 Å². The number of aliphatic hydroxyl groups excluding tert-OH is 1. The summed E-state index contributed by atoms with van der Waals surface area (Å²) in [5.41, 5.74) is 2.27. The third-order valence-corrected chi connectivity index (χ3v) is 5.82. The summed E-state index contributed by atoms with van der Waals surface area (Å²) in [6, 6.07) is 16.6. The van der Waals surface area contributed by atoms with E-state index in [0.717, 1.165) is 43.1 Å². The Balaban J connectivity index is 1.44. The van der Waals surface area contributed by atoms with Crippen LogP contribution in [0.5, 0.6) is 5.75 Å². The van der Waals surface area contributed by atoms with Gasteiger partial charge in [0.25, 0.3) is 0 Å². The predicted octanol–water partition coefficient (Wildman–Crippen LogP) is 4.16. The molecule has 0 saturated carbocycles. The van der Waals surface area contributed by atoms with Gasteiger partial charge in [-0.05, 0) is 67.0 Å². The quantitative estimate of drug-likeness (QED) is 0.596. The molecular weight excluding hydrogens is 330 g/mol. The van der Waals surface area contributed by atoms with Crippen molar-refractivity contribution in [3.05, 3.63) is 59.7 Å². The second-order valence-electron chi connectivity index (χ2n) is 6.50. The smallest absolute Gasteiger partial charge is 0.119 e. The number of methoxy groups -OCH3 is 1. The Bertz CT molecular complexity index is 662. The van der Waals surface area contributed by atoms with Crippen molar-refractivity contribution in [1.82, 2.24) is 4.90 Å². The first-order valence-corrected chi connectivity index (χ1v) is 10.00. The first-order chi connectivity index (χ1) is 12.3. The maximum absolute atomic E-state index is 10.5. The van der Waals surface area contributed by atoms with Crippen molar-refractivity contribution in [2.75, 3.05) is 32.5 Å². The maximum atomic E-state index is 10.5. The van der Waals surface area contributed by atoms with Crippen LogP contribution in [0, 0.1) is 0 Å². The molecule has 2 aromatic rings. The summed E-state index contributed by atoms with van der Waals surface area (Å²) >= 11 is 1.92. The van der Waals surface area contributed by atoms with Gasteiger partial charge in [0, 0.05) is 18.0 Å². The van der Waals surface area contributed by atoms with Crippen molar-refractivity contribution in [1.29, 1.82) is 0 Å². The van der Waals surface area contributed by atoms with Gasteiger partial charge in [0.2, 0.25) is 0 Å². The molecule has 1 aliphatic rings. The summed E-state index contributed by atoms with van der Waals surface area (Å²) in [5.74, 6) is 2.02. The Kier molecular flexibility index (Phi) is 6.79. The largest absolute Gasteiger partial charge is 0.497 e. The third kappa shape index (κ3) is 5.24. The molecule has 1 N–H and O–H groups in total.